The molecule has 17 heavy (non-hydrogen) atoms. The van der Waals surface area contributed by atoms with Crippen molar-refractivity contribution in [1.29, 1.82) is 0 Å². The summed E-state index contributed by atoms with van der Waals surface area (Å²) in [5.74, 6) is 0.818. The first-order chi connectivity index (χ1) is 8.25. The lowest BCUT2D eigenvalue weighted by Gasteiger charge is -2.49. The number of para-hydroxylation sites is 1. The van der Waals surface area contributed by atoms with Gasteiger partial charge in [-0.25, -0.2) is 0 Å². The van der Waals surface area contributed by atoms with Gasteiger partial charge in [-0.05, 0) is 49.9 Å². The Kier molecular flexibility index (Phi) is 2.81. The normalized spacial score (nSPS) is 36.1. The summed E-state index contributed by atoms with van der Waals surface area (Å²) in [6.07, 6.45) is 2.78. The fourth-order valence-electron chi connectivity index (χ4n) is 3.28. The first-order valence-electron chi connectivity index (χ1n) is 6.44. The molecule has 3 aliphatic heterocycles. The molecular formula is C14H19NO2. The molecular weight excluding hydrogens is 214 g/mol. The lowest BCUT2D eigenvalue weighted by atomic mass is 9.78. The second kappa shape index (κ2) is 4.31. The summed E-state index contributed by atoms with van der Waals surface area (Å²) in [6, 6.07) is 7.64. The number of piperidine rings is 3. The van der Waals surface area contributed by atoms with Gasteiger partial charge in [0.05, 0.1) is 6.10 Å². The first-order valence-corrected chi connectivity index (χ1v) is 6.44. The summed E-state index contributed by atoms with van der Waals surface area (Å²) >= 11 is 0. The van der Waals surface area contributed by atoms with Crippen molar-refractivity contribution in [3.63, 3.8) is 0 Å². The molecule has 3 fully saturated rings. The van der Waals surface area contributed by atoms with Crippen LogP contribution in [0.3, 0.4) is 0 Å². The van der Waals surface area contributed by atoms with Crippen LogP contribution in [0.1, 0.15) is 18.4 Å². The van der Waals surface area contributed by atoms with Crippen LogP contribution in [0, 0.1) is 5.92 Å². The van der Waals surface area contributed by atoms with Gasteiger partial charge in [0.2, 0.25) is 0 Å². The minimum Gasteiger partial charge on any atom is -0.508 e. The molecule has 92 valence electrons. The molecule has 4 rings (SSSR count). The predicted octanol–water partition coefficient (Wildman–Crippen LogP) is 1.39. The Morgan fingerprint density at radius 3 is 2.53 bits per heavy atom. The number of hydrogen-bond acceptors (Lipinski definition) is 3. The van der Waals surface area contributed by atoms with Crippen LogP contribution < -0.4 is 0 Å². The highest BCUT2D eigenvalue weighted by Crippen LogP contribution is 2.34. The van der Waals surface area contributed by atoms with Gasteiger partial charge in [-0.3, -0.25) is 4.90 Å². The molecule has 3 saturated heterocycles. The molecule has 2 bridgehead atoms. The van der Waals surface area contributed by atoms with Gasteiger partial charge >= 0.3 is 0 Å². The van der Waals surface area contributed by atoms with Gasteiger partial charge in [0.1, 0.15) is 5.75 Å². The highest BCUT2D eigenvalue weighted by molar-refractivity contribution is 5.32. The van der Waals surface area contributed by atoms with Crippen LogP contribution in [0.4, 0.5) is 0 Å². The number of nitrogens with zero attached hydrogens (tertiary/aromatic N) is 1. The summed E-state index contributed by atoms with van der Waals surface area (Å²) in [5, 5.41) is 20.1. The SMILES string of the molecule is Oc1ccccc1CC1C(O)C2CCN1CC2. The number of phenols is 1. The molecule has 1 aromatic carbocycles. The van der Waals surface area contributed by atoms with E-state index in [1.165, 1.54) is 0 Å². The third-order valence-electron chi connectivity index (χ3n) is 4.34. The number of phenolic OH excluding ortho intramolecular Hbond substituents is 1. The van der Waals surface area contributed by atoms with Gasteiger partial charge in [-0.1, -0.05) is 18.2 Å². The zero-order valence-electron chi connectivity index (χ0n) is 9.92. The molecule has 0 aromatic heterocycles. The minimum absolute atomic E-state index is 0.191. The monoisotopic (exact) mass is 233 g/mol. The van der Waals surface area contributed by atoms with Gasteiger partial charge in [-0.15, -0.1) is 0 Å². The van der Waals surface area contributed by atoms with Crippen molar-refractivity contribution in [2.24, 2.45) is 5.92 Å². The van der Waals surface area contributed by atoms with Crippen molar-refractivity contribution in [3.8, 4) is 5.75 Å². The van der Waals surface area contributed by atoms with Crippen molar-refractivity contribution >= 4 is 0 Å². The summed E-state index contributed by atoms with van der Waals surface area (Å²) in [5.41, 5.74) is 0.948. The fraction of sp³-hybridized carbons (Fsp3) is 0.571. The Morgan fingerprint density at radius 1 is 1.18 bits per heavy atom. The summed E-state index contributed by atoms with van der Waals surface area (Å²) in [6.45, 7) is 2.19. The average Bonchev–Trinajstić information content (AvgIpc) is 2.36. The predicted molar refractivity (Wildman–Crippen MR) is 65.9 cm³/mol. The molecule has 0 aliphatic carbocycles. The first kappa shape index (κ1) is 11.1. The van der Waals surface area contributed by atoms with Crippen molar-refractivity contribution in [1.82, 2.24) is 4.90 Å². The number of hydrogen-bond donors (Lipinski definition) is 2. The second-order valence-corrected chi connectivity index (χ2v) is 5.26. The zero-order chi connectivity index (χ0) is 11.8. The van der Waals surface area contributed by atoms with Crippen LogP contribution in [0.5, 0.6) is 5.75 Å². The molecule has 2 atom stereocenters. The van der Waals surface area contributed by atoms with Gasteiger partial charge < -0.3 is 10.2 Å². The topological polar surface area (TPSA) is 43.7 Å². The average molecular weight is 233 g/mol. The van der Waals surface area contributed by atoms with Crippen molar-refractivity contribution in [2.45, 2.75) is 31.4 Å². The Balaban J connectivity index is 1.79. The van der Waals surface area contributed by atoms with E-state index in [0.717, 1.165) is 37.9 Å². The highest BCUT2D eigenvalue weighted by atomic mass is 16.3. The third kappa shape index (κ3) is 1.94. The molecule has 3 aliphatic rings. The molecule has 3 heteroatoms. The smallest absolute Gasteiger partial charge is 0.118 e. The van der Waals surface area contributed by atoms with Crippen LogP contribution in [0.15, 0.2) is 24.3 Å². The minimum atomic E-state index is -0.225. The number of rotatable bonds is 2. The zero-order valence-corrected chi connectivity index (χ0v) is 9.92. The van der Waals surface area contributed by atoms with Gasteiger partial charge in [-0.2, -0.15) is 0 Å². The van der Waals surface area contributed by atoms with Crippen LogP contribution in [-0.2, 0) is 6.42 Å². The van der Waals surface area contributed by atoms with Crippen molar-refractivity contribution < 1.29 is 10.2 Å². The van der Waals surface area contributed by atoms with E-state index in [1.807, 2.05) is 18.2 Å². The maximum Gasteiger partial charge on any atom is 0.118 e. The Morgan fingerprint density at radius 2 is 1.88 bits per heavy atom. The van der Waals surface area contributed by atoms with Gasteiger partial charge in [0.15, 0.2) is 0 Å². The Hall–Kier alpha value is -1.06. The molecule has 0 spiro atoms. The van der Waals surface area contributed by atoms with Gasteiger partial charge in [0.25, 0.3) is 0 Å². The van der Waals surface area contributed by atoms with E-state index < -0.39 is 0 Å². The molecule has 2 N–H and O–H groups in total. The third-order valence-corrected chi connectivity index (χ3v) is 4.34. The van der Waals surface area contributed by atoms with E-state index in [1.54, 1.807) is 6.07 Å². The number of aliphatic hydroxyl groups excluding tert-OH is 1. The van der Waals surface area contributed by atoms with Gasteiger partial charge in [0, 0.05) is 6.04 Å². The maximum atomic E-state index is 10.3. The summed E-state index contributed by atoms with van der Waals surface area (Å²) in [7, 11) is 0. The molecule has 1 aromatic rings. The standard InChI is InChI=1S/C14H19NO2/c16-13-4-2-1-3-11(13)9-12-14(17)10-5-7-15(12)8-6-10/h1-4,10,12,14,16-17H,5-9H2. The molecule has 0 saturated carbocycles. The van der Waals surface area contributed by atoms with E-state index in [2.05, 4.69) is 4.90 Å². The summed E-state index contributed by atoms with van der Waals surface area (Å²) < 4.78 is 0. The molecule has 0 amide bonds. The molecule has 2 unspecified atom stereocenters. The second-order valence-electron chi connectivity index (χ2n) is 5.26. The largest absolute Gasteiger partial charge is 0.508 e. The Bertz CT molecular complexity index is 397. The highest BCUT2D eigenvalue weighted by Gasteiger charge is 2.41. The molecule has 3 heterocycles. The number of fused-ring (bicyclic) bond motifs is 3. The number of aromatic hydroxyl groups is 1. The number of benzene rings is 1. The summed E-state index contributed by atoms with van der Waals surface area (Å²) in [4.78, 5) is 2.37. The van der Waals surface area contributed by atoms with E-state index in [4.69, 9.17) is 0 Å². The van der Waals surface area contributed by atoms with Crippen LogP contribution in [0.2, 0.25) is 0 Å². The molecule has 3 nitrogen and oxygen atoms in total. The number of aliphatic hydroxyl groups is 1. The Labute approximate surface area is 102 Å². The maximum absolute atomic E-state index is 10.3. The molecule has 0 radical (unpaired) electrons. The van der Waals surface area contributed by atoms with E-state index in [-0.39, 0.29) is 12.1 Å². The van der Waals surface area contributed by atoms with Crippen LogP contribution in [0.25, 0.3) is 0 Å². The van der Waals surface area contributed by atoms with E-state index in [9.17, 15) is 10.2 Å². The lowest BCUT2D eigenvalue weighted by Crippen LogP contribution is -2.58. The van der Waals surface area contributed by atoms with Crippen molar-refractivity contribution in [2.75, 3.05) is 13.1 Å². The van der Waals surface area contributed by atoms with Crippen LogP contribution in [-0.4, -0.2) is 40.3 Å². The lowest BCUT2D eigenvalue weighted by molar-refractivity contribution is -0.0716. The quantitative estimate of drug-likeness (QED) is 0.811. The van der Waals surface area contributed by atoms with E-state index in [0.29, 0.717) is 11.7 Å². The van der Waals surface area contributed by atoms with Crippen LogP contribution >= 0.6 is 0 Å². The fourth-order valence-corrected chi connectivity index (χ4v) is 3.28. The van der Waals surface area contributed by atoms with E-state index >= 15 is 0 Å². The van der Waals surface area contributed by atoms with Crippen molar-refractivity contribution in [3.05, 3.63) is 29.8 Å².